The molecule has 1 heterocycles. The van der Waals surface area contributed by atoms with E-state index in [4.69, 9.17) is 6.42 Å². The molecule has 0 unspecified atom stereocenters. The number of terminal acetylenes is 1. The first-order valence-electron chi connectivity index (χ1n) is 2.77. The van der Waals surface area contributed by atoms with Crippen LogP contribution in [0.1, 0.15) is 11.4 Å². The molecule has 0 radical (unpaired) electrons. The molecule has 1 aromatic rings. The van der Waals surface area contributed by atoms with E-state index in [0.717, 1.165) is 11.4 Å². The second-order valence-corrected chi connectivity index (χ2v) is 1.86. The number of aromatic nitrogens is 2. The van der Waals surface area contributed by atoms with E-state index in [0.29, 0.717) is 6.42 Å². The van der Waals surface area contributed by atoms with Gasteiger partial charge in [0.25, 0.3) is 0 Å². The highest BCUT2D eigenvalue weighted by molar-refractivity contribution is 5.14. The van der Waals surface area contributed by atoms with Crippen molar-refractivity contribution < 1.29 is 0 Å². The summed E-state index contributed by atoms with van der Waals surface area (Å²) in [6.07, 6.45) is 7.36. The Bertz CT molecular complexity index is 229. The number of aryl methyl sites for hydroxylation is 1. The van der Waals surface area contributed by atoms with Crippen LogP contribution in [-0.2, 0) is 6.42 Å². The van der Waals surface area contributed by atoms with Crippen molar-refractivity contribution in [2.75, 3.05) is 0 Å². The standard InChI is InChI=1S/C7H8N2/c1-3-4-7-6(2)8-5-9-7/h1,5H,4H2,2H3,(H,8,9). The Kier molecular flexibility index (Phi) is 1.55. The van der Waals surface area contributed by atoms with E-state index in [2.05, 4.69) is 15.9 Å². The quantitative estimate of drug-likeness (QED) is 0.548. The van der Waals surface area contributed by atoms with Crippen LogP contribution in [0.25, 0.3) is 0 Å². The molecule has 0 bridgehead atoms. The molecule has 1 rings (SSSR count). The van der Waals surface area contributed by atoms with Gasteiger partial charge in [0, 0.05) is 5.69 Å². The maximum absolute atomic E-state index is 5.08. The zero-order chi connectivity index (χ0) is 6.69. The van der Waals surface area contributed by atoms with E-state index < -0.39 is 0 Å². The summed E-state index contributed by atoms with van der Waals surface area (Å²) in [7, 11) is 0. The molecule has 0 aliphatic heterocycles. The third kappa shape index (κ3) is 1.11. The first-order chi connectivity index (χ1) is 4.34. The van der Waals surface area contributed by atoms with Gasteiger partial charge in [-0.2, -0.15) is 0 Å². The number of rotatable bonds is 1. The number of hydrogen-bond acceptors (Lipinski definition) is 1. The van der Waals surface area contributed by atoms with Crippen molar-refractivity contribution in [2.24, 2.45) is 0 Å². The van der Waals surface area contributed by atoms with Crippen LogP contribution in [0.4, 0.5) is 0 Å². The van der Waals surface area contributed by atoms with Gasteiger partial charge in [0.1, 0.15) is 0 Å². The Balaban J connectivity index is 2.84. The lowest BCUT2D eigenvalue weighted by Crippen LogP contribution is -1.83. The van der Waals surface area contributed by atoms with Gasteiger partial charge in [0.05, 0.1) is 18.4 Å². The van der Waals surface area contributed by atoms with Gasteiger partial charge >= 0.3 is 0 Å². The van der Waals surface area contributed by atoms with Crippen LogP contribution < -0.4 is 0 Å². The molecule has 1 aromatic heterocycles. The van der Waals surface area contributed by atoms with Crippen molar-refractivity contribution in [1.29, 1.82) is 0 Å². The van der Waals surface area contributed by atoms with E-state index in [1.165, 1.54) is 0 Å². The molecular formula is C7H8N2. The molecule has 2 heteroatoms. The zero-order valence-electron chi connectivity index (χ0n) is 5.31. The Hall–Kier alpha value is -1.23. The summed E-state index contributed by atoms with van der Waals surface area (Å²) < 4.78 is 0. The van der Waals surface area contributed by atoms with E-state index in [1.807, 2.05) is 6.92 Å². The molecule has 9 heavy (non-hydrogen) atoms. The molecule has 1 N–H and O–H groups in total. The number of H-pyrrole nitrogens is 1. The molecule has 0 saturated carbocycles. The maximum atomic E-state index is 5.08. The van der Waals surface area contributed by atoms with Crippen LogP contribution in [0.5, 0.6) is 0 Å². The molecule has 0 amide bonds. The maximum Gasteiger partial charge on any atom is 0.0925 e. The minimum atomic E-state index is 0.620. The molecule has 46 valence electrons. The van der Waals surface area contributed by atoms with Gasteiger partial charge in [-0.15, -0.1) is 12.3 Å². The van der Waals surface area contributed by atoms with Crippen LogP contribution in [0, 0.1) is 19.3 Å². The Morgan fingerprint density at radius 3 is 3.11 bits per heavy atom. The summed E-state index contributed by atoms with van der Waals surface area (Å²) in [6, 6.07) is 0. The van der Waals surface area contributed by atoms with Crippen LogP contribution in [0.3, 0.4) is 0 Å². The largest absolute Gasteiger partial charge is 0.348 e. The van der Waals surface area contributed by atoms with Crippen molar-refractivity contribution in [1.82, 2.24) is 9.97 Å². The minimum Gasteiger partial charge on any atom is -0.348 e. The molecule has 0 saturated heterocycles. The summed E-state index contributed by atoms with van der Waals surface area (Å²) in [5.41, 5.74) is 2.03. The fourth-order valence-electron chi connectivity index (χ4n) is 0.662. The van der Waals surface area contributed by atoms with Gasteiger partial charge in [-0.3, -0.25) is 0 Å². The van der Waals surface area contributed by atoms with E-state index in [-0.39, 0.29) is 0 Å². The summed E-state index contributed by atoms with van der Waals surface area (Å²) in [6.45, 7) is 1.96. The van der Waals surface area contributed by atoms with E-state index in [9.17, 15) is 0 Å². The number of nitrogens with zero attached hydrogens (tertiary/aromatic N) is 1. The minimum absolute atomic E-state index is 0.620. The predicted octanol–water partition coefficient (Wildman–Crippen LogP) is 0.894. The van der Waals surface area contributed by atoms with Gasteiger partial charge in [-0.25, -0.2) is 4.98 Å². The highest BCUT2D eigenvalue weighted by Crippen LogP contribution is 1.99. The monoisotopic (exact) mass is 120 g/mol. The van der Waals surface area contributed by atoms with Crippen molar-refractivity contribution in [3.05, 3.63) is 17.7 Å². The molecule has 0 fully saturated rings. The van der Waals surface area contributed by atoms with Gasteiger partial charge in [0.15, 0.2) is 0 Å². The van der Waals surface area contributed by atoms with Crippen molar-refractivity contribution in [3.63, 3.8) is 0 Å². The fourth-order valence-corrected chi connectivity index (χ4v) is 0.662. The van der Waals surface area contributed by atoms with Crippen molar-refractivity contribution in [2.45, 2.75) is 13.3 Å². The topological polar surface area (TPSA) is 28.7 Å². The van der Waals surface area contributed by atoms with Gasteiger partial charge in [-0.1, -0.05) is 0 Å². The number of hydrogen-bond donors (Lipinski definition) is 1. The zero-order valence-corrected chi connectivity index (χ0v) is 5.31. The van der Waals surface area contributed by atoms with Crippen LogP contribution in [0.15, 0.2) is 6.33 Å². The molecule has 0 aliphatic rings. The van der Waals surface area contributed by atoms with Gasteiger partial charge in [0.2, 0.25) is 0 Å². The SMILES string of the molecule is C#CCc1nc[nH]c1C. The van der Waals surface area contributed by atoms with E-state index >= 15 is 0 Å². The molecular weight excluding hydrogens is 112 g/mol. The summed E-state index contributed by atoms with van der Waals surface area (Å²) in [5, 5.41) is 0. The summed E-state index contributed by atoms with van der Waals surface area (Å²) in [5.74, 6) is 2.53. The average molecular weight is 120 g/mol. The molecule has 2 nitrogen and oxygen atoms in total. The predicted molar refractivity (Wildman–Crippen MR) is 35.9 cm³/mol. The van der Waals surface area contributed by atoms with Crippen molar-refractivity contribution in [3.8, 4) is 12.3 Å². The molecule has 0 aromatic carbocycles. The lowest BCUT2D eigenvalue weighted by Gasteiger charge is -1.86. The molecule has 0 spiro atoms. The van der Waals surface area contributed by atoms with Crippen LogP contribution in [0.2, 0.25) is 0 Å². The lowest BCUT2D eigenvalue weighted by atomic mass is 10.3. The Morgan fingerprint density at radius 1 is 1.89 bits per heavy atom. The number of aromatic amines is 1. The second-order valence-electron chi connectivity index (χ2n) is 1.86. The average Bonchev–Trinajstić information content (AvgIpc) is 2.18. The summed E-state index contributed by atoms with van der Waals surface area (Å²) in [4.78, 5) is 6.95. The summed E-state index contributed by atoms with van der Waals surface area (Å²) >= 11 is 0. The van der Waals surface area contributed by atoms with Crippen molar-refractivity contribution >= 4 is 0 Å². The van der Waals surface area contributed by atoms with E-state index in [1.54, 1.807) is 6.33 Å². The van der Waals surface area contributed by atoms with Crippen LogP contribution >= 0.6 is 0 Å². The second kappa shape index (κ2) is 2.36. The third-order valence-electron chi connectivity index (χ3n) is 1.20. The van der Waals surface area contributed by atoms with Gasteiger partial charge in [-0.05, 0) is 6.92 Å². The van der Waals surface area contributed by atoms with Gasteiger partial charge < -0.3 is 4.98 Å². The first-order valence-corrected chi connectivity index (χ1v) is 2.77. The number of nitrogens with one attached hydrogen (secondary N) is 1. The lowest BCUT2D eigenvalue weighted by molar-refractivity contribution is 1.14. The number of imidazole rings is 1. The van der Waals surface area contributed by atoms with Crippen LogP contribution in [-0.4, -0.2) is 9.97 Å². The Morgan fingerprint density at radius 2 is 2.67 bits per heavy atom. The third-order valence-corrected chi connectivity index (χ3v) is 1.20. The molecule has 0 atom stereocenters. The normalized spacial score (nSPS) is 8.89. The highest BCUT2D eigenvalue weighted by atomic mass is 14.9. The molecule has 0 aliphatic carbocycles. The highest BCUT2D eigenvalue weighted by Gasteiger charge is 1.95. The first kappa shape index (κ1) is 5.90. The Labute approximate surface area is 54.3 Å². The smallest absolute Gasteiger partial charge is 0.0925 e. The fraction of sp³-hybridized carbons (Fsp3) is 0.286.